The fourth-order valence-corrected chi connectivity index (χ4v) is 1.65. The first kappa shape index (κ1) is 13.9. The Morgan fingerprint density at radius 1 is 1.15 bits per heavy atom. The van der Waals surface area contributed by atoms with Crippen molar-refractivity contribution < 1.29 is 13.2 Å². The molecule has 1 aromatic heterocycles. The van der Waals surface area contributed by atoms with Crippen LogP contribution in [0.3, 0.4) is 0 Å². The van der Waals surface area contributed by atoms with E-state index < -0.39 is 11.7 Å². The van der Waals surface area contributed by atoms with Gasteiger partial charge in [-0.05, 0) is 29.8 Å². The number of rotatable bonds is 3. The largest absolute Gasteiger partial charge is 0.416 e. The van der Waals surface area contributed by atoms with Gasteiger partial charge < -0.3 is 5.32 Å². The minimum atomic E-state index is -4.35. The molecule has 0 aliphatic rings. The third kappa shape index (κ3) is 3.48. The van der Waals surface area contributed by atoms with Crippen molar-refractivity contribution >= 4 is 5.82 Å². The van der Waals surface area contributed by atoms with Crippen LogP contribution in [0.5, 0.6) is 0 Å². The van der Waals surface area contributed by atoms with Crippen molar-refractivity contribution in [1.82, 2.24) is 4.98 Å². The predicted molar refractivity (Wildman–Crippen MR) is 67.7 cm³/mol. The minimum absolute atomic E-state index is 0.200. The van der Waals surface area contributed by atoms with Crippen molar-refractivity contribution in [2.45, 2.75) is 12.7 Å². The molecule has 0 fully saturated rings. The zero-order chi connectivity index (χ0) is 14.6. The Morgan fingerprint density at radius 3 is 2.60 bits per heavy atom. The van der Waals surface area contributed by atoms with E-state index in [1.54, 1.807) is 24.3 Å². The van der Waals surface area contributed by atoms with Crippen LogP contribution in [0.25, 0.3) is 0 Å². The van der Waals surface area contributed by atoms with Crippen LogP contribution in [0, 0.1) is 11.3 Å². The van der Waals surface area contributed by atoms with E-state index in [1.165, 1.54) is 6.07 Å². The van der Waals surface area contributed by atoms with E-state index >= 15 is 0 Å². The van der Waals surface area contributed by atoms with E-state index in [9.17, 15) is 13.2 Å². The molecular formula is C14H10F3N3. The Balaban J connectivity index is 2.09. The van der Waals surface area contributed by atoms with E-state index in [1.807, 2.05) is 6.07 Å². The van der Waals surface area contributed by atoms with E-state index in [4.69, 9.17) is 5.26 Å². The van der Waals surface area contributed by atoms with E-state index in [2.05, 4.69) is 10.3 Å². The first-order valence-corrected chi connectivity index (χ1v) is 5.76. The van der Waals surface area contributed by atoms with Gasteiger partial charge in [-0.25, -0.2) is 4.98 Å². The minimum Gasteiger partial charge on any atom is -0.366 e. The van der Waals surface area contributed by atoms with E-state index in [-0.39, 0.29) is 12.2 Å². The second-order valence-corrected chi connectivity index (χ2v) is 4.07. The highest BCUT2D eigenvalue weighted by Crippen LogP contribution is 2.29. The Hall–Kier alpha value is -2.55. The number of halogens is 3. The summed E-state index contributed by atoms with van der Waals surface area (Å²) in [6.07, 6.45) is -4.35. The molecule has 6 heteroatoms. The standard InChI is InChI=1S/C14H10F3N3/c15-14(16,17)11-4-1-3-10(7-11)9-19-13-6-2-5-12(8-18)20-13/h1-7H,9H2,(H,19,20). The molecule has 20 heavy (non-hydrogen) atoms. The van der Waals surface area contributed by atoms with Gasteiger partial charge >= 0.3 is 6.18 Å². The number of nitriles is 1. The van der Waals surface area contributed by atoms with Crippen molar-refractivity contribution in [2.75, 3.05) is 5.32 Å². The molecule has 0 amide bonds. The lowest BCUT2D eigenvalue weighted by molar-refractivity contribution is -0.137. The molecule has 1 aromatic carbocycles. The number of hydrogen-bond acceptors (Lipinski definition) is 3. The van der Waals surface area contributed by atoms with Gasteiger partial charge in [0.2, 0.25) is 0 Å². The predicted octanol–water partition coefficient (Wildman–Crippen LogP) is 3.58. The summed E-state index contributed by atoms with van der Waals surface area (Å²) in [5.41, 5.74) is 0.0542. The first-order valence-electron chi connectivity index (χ1n) is 5.76. The fourth-order valence-electron chi connectivity index (χ4n) is 1.65. The van der Waals surface area contributed by atoms with Gasteiger partial charge in [0.05, 0.1) is 5.56 Å². The Bertz CT molecular complexity index is 645. The van der Waals surface area contributed by atoms with Crippen LogP contribution in [-0.4, -0.2) is 4.98 Å². The maximum absolute atomic E-state index is 12.6. The molecule has 0 radical (unpaired) electrons. The number of benzene rings is 1. The number of nitrogens with zero attached hydrogens (tertiary/aromatic N) is 2. The van der Waals surface area contributed by atoms with Gasteiger partial charge in [0.15, 0.2) is 0 Å². The van der Waals surface area contributed by atoms with Crippen molar-refractivity contribution in [1.29, 1.82) is 5.26 Å². The van der Waals surface area contributed by atoms with E-state index in [0.717, 1.165) is 12.1 Å². The molecule has 2 aromatic rings. The number of hydrogen-bond donors (Lipinski definition) is 1. The number of nitrogens with one attached hydrogen (secondary N) is 1. The average molecular weight is 277 g/mol. The topological polar surface area (TPSA) is 48.7 Å². The zero-order valence-electron chi connectivity index (χ0n) is 10.3. The maximum atomic E-state index is 12.6. The molecule has 1 heterocycles. The molecule has 3 nitrogen and oxygen atoms in total. The molecule has 102 valence electrons. The number of alkyl halides is 3. The third-order valence-corrected chi connectivity index (χ3v) is 2.59. The van der Waals surface area contributed by atoms with Crippen LogP contribution < -0.4 is 5.32 Å². The van der Waals surface area contributed by atoms with Crippen LogP contribution in [0.2, 0.25) is 0 Å². The summed E-state index contributed by atoms with van der Waals surface area (Å²) in [5, 5.41) is 11.6. The lowest BCUT2D eigenvalue weighted by Gasteiger charge is -2.10. The first-order chi connectivity index (χ1) is 9.49. The van der Waals surface area contributed by atoms with Gasteiger partial charge in [-0.2, -0.15) is 18.4 Å². The fraction of sp³-hybridized carbons (Fsp3) is 0.143. The van der Waals surface area contributed by atoms with Gasteiger partial charge in [0.1, 0.15) is 17.6 Å². The van der Waals surface area contributed by atoms with Crippen molar-refractivity contribution in [2.24, 2.45) is 0 Å². The smallest absolute Gasteiger partial charge is 0.366 e. The van der Waals surface area contributed by atoms with Gasteiger partial charge in [0.25, 0.3) is 0 Å². The average Bonchev–Trinajstić information content (AvgIpc) is 2.45. The normalized spacial score (nSPS) is 10.9. The number of pyridine rings is 1. The highest BCUT2D eigenvalue weighted by molar-refractivity contribution is 5.39. The molecule has 0 atom stereocenters. The molecular weight excluding hydrogens is 267 g/mol. The van der Waals surface area contributed by atoms with Crippen LogP contribution in [0.15, 0.2) is 42.5 Å². The van der Waals surface area contributed by atoms with Crippen molar-refractivity contribution in [3.8, 4) is 6.07 Å². The van der Waals surface area contributed by atoms with E-state index in [0.29, 0.717) is 11.4 Å². The summed E-state index contributed by atoms with van der Waals surface area (Å²) in [5.74, 6) is 0.446. The molecule has 0 spiro atoms. The summed E-state index contributed by atoms with van der Waals surface area (Å²) in [4.78, 5) is 3.98. The van der Waals surface area contributed by atoms with Crippen molar-refractivity contribution in [3.63, 3.8) is 0 Å². The van der Waals surface area contributed by atoms with Crippen LogP contribution in [-0.2, 0) is 12.7 Å². The SMILES string of the molecule is N#Cc1cccc(NCc2cccc(C(F)(F)F)c2)n1. The van der Waals surface area contributed by atoms with Gasteiger partial charge in [-0.1, -0.05) is 18.2 Å². The summed E-state index contributed by atoms with van der Waals surface area (Å²) in [6.45, 7) is 0.200. The van der Waals surface area contributed by atoms with Crippen molar-refractivity contribution in [3.05, 3.63) is 59.3 Å². The van der Waals surface area contributed by atoms with Crippen LogP contribution >= 0.6 is 0 Å². The monoisotopic (exact) mass is 277 g/mol. The Kier molecular flexibility index (Phi) is 3.89. The zero-order valence-corrected chi connectivity index (χ0v) is 10.3. The quantitative estimate of drug-likeness (QED) is 0.932. The molecule has 0 aliphatic heterocycles. The second-order valence-electron chi connectivity index (χ2n) is 4.07. The number of anilines is 1. The second kappa shape index (κ2) is 5.61. The van der Waals surface area contributed by atoms with Gasteiger partial charge in [0, 0.05) is 6.54 Å². The number of aromatic nitrogens is 1. The van der Waals surface area contributed by atoms with Crippen LogP contribution in [0.1, 0.15) is 16.8 Å². The summed E-state index contributed by atoms with van der Waals surface area (Å²) in [6, 6.07) is 11.8. The molecule has 2 rings (SSSR count). The molecule has 0 bridgehead atoms. The Labute approximate surface area is 113 Å². The Morgan fingerprint density at radius 2 is 1.90 bits per heavy atom. The lowest BCUT2D eigenvalue weighted by Crippen LogP contribution is -2.07. The summed E-state index contributed by atoms with van der Waals surface area (Å²) >= 11 is 0. The summed E-state index contributed by atoms with van der Waals surface area (Å²) < 4.78 is 37.7. The highest BCUT2D eigenvalue weighted by atomic mass is 19.4. The van der Waals surface area contributed by atoms with Gasteiger partial charge in [-0.3, -0.25) is 0 Å². The highest BCUT2D eigenvalue weighted by Gasteiger charge is 2.30. The third-order valence-electron chi connectivity index (χ3n) is 2.59. The molecule has 0 aliphatic carbocycles. The molecule has 0 saturated carbocycles. The summed E-state index contributed by atoms with van der Waals surface area (Å²) in [7, 11) is 0. The lowest BCUT2D eigenvalue weighted by atomic mass is 10.1. The molecule has 0 unspecified atom stereocenters. The maximum Gasteiger partial charge on any atom is 0.416 e. The van der Waals surface area contributed by atoms with Gasteiger partial charge in [-0.15, -0.1) is 0 Å². The van der Waals surface area contributed by atoms with Crippen LogP contribution in [0.4, 0.5) is 19.0 Å². The molecule has 0 saturated heterocycles. The molecule has 1 N–H and O–H groups in total.